The number of carbonyl (C=O) groups is 2. The first-order valence-corrected chi connectivity index (χ1v) is 11.3. The van der Waals surface area contributed by atoms with E-state index in [1.54, 1.807) is 13.8 Å². The Labute approximate surface area is 182 Å². The summed E-state index contributed by atoms with van der Waals surface area (Å²) in [5.41, 5.74) is 1.91. The molecule has 0 radical (unpaired) electrons. The summed E-state index contributed by atoms with van der Waals surface area (Å²) in [4.78, 5) is 24.3. The smallest absolute Gasteiger partial charge is 0.340 e. The highest BCUT2D eigenvalue weighted by molar-refractivity contribution is 7.89. The van der Waals surface area contributed by atoms with Crippen LogP contribution in [-0.4, -0.2) is 44.3 Å². The number of nitrogens with one attached hydrogen (secondary N) is 1. The number of ether oxygens (including phenoxy) is 1. The average molecular weight is 453 g/mol. The van der Waals surface area contributed by atoms with Gasteiger partial charge in [-0.25, -0.2) is 13.2 Å². The molecule has 0 saturated heterocycles. The molecule has 2 aromatic rings. The molecule has 30 heavy (non-hydrogen) atoms. The Balaban J connectivity index is 2.02. The molecule has 0 aliphatic heterocycles. The molecule has 0 aliphatic carbocycles. The number of benzene rings is 2. The van der Waals surface area contributed by atoms with Gasteiger partial charge in [-0.3, -0.25) is 4.79 Å². The fourth-order valence-corrected chi connectivity index (χ4v) is 4.38. The first-order valence-electron chi connectivity index (χ1n) is 9.48. The summed E-state index contributed by atoms with van der Waals surface area (Å²) in [7, 11) is -3.76. The van der Waals surface area contributed by atoms with Gasteiger partial charge in [0.2, 0.25) is 10.0 Å². The zero-order valence-corrected chi connectivity index (χ0v) is 18.7. The molecular weight excluding hydrogens is 428 g/mol. The van der Waals surface area contributed by atoms with Gasteiger partial charge >= 0.3 is 5.97 Å². The van der Waals surface area contributed by atoms with Gasteiger partial charge in [0.15, 0.2) is 6.61 Å². The van der Waals surface area contributed by atoms with Crippen LogP contribution in [0.3, 0.4) is 0 Å². The van der Waals surface area contributed by atoms with E-state index >= 15 is 0 Å². The zero-order chi connectivity index (χ0) is 22.3. The molecule has 9 heteroatoms. The highest BCUT2D eigenvalue weighted by Gasteiger charge is 2.24. The predicted molar refractivity (Wildman–Crippen MR) is 115 cm³/mol. The Hall–Kier alpha value is -2.42. The molecule has 0 aliphatic rings. The topological polar surface area (TPSA) is 92.8 Å². The Morgan fingerprint density at radius 3 is 2.30 bits per heavy atom. The highest BCUT2D eigenvalue weighted by Crippen LogP contribution is 2.23. The predicted octanol–water partition coefficient (Wildman–Crippen LogP) is 3.15. The first-order chi connectivity index (χ1) is 14.2. The number of hydrogen-bond acceptors (Lipinski definition) is 5. The minimum absolute atomic E-state index is 0.0403. The number of hydrogen-bond donors (Lipinski definition) is 1. The molecule has 0 heterocycles. The molecule has 1 N–H and O–H groups in total. The number of nitrogens with zero attached hydrogens (tertiary/aromatic N) is 1. The Morgan fingerprint density at radius 2 is 1.70 bits per heavy atom. The largest absolute Gasteiger partial charge is 0.452 e. The van der Waals surface area contributed by atoms with Gasteiger partial charge in [0.1, 0.15) is 0 Å². The van der Waals surface area contributed by atoms with Crippen LogP contribution < -0.4 is 5.32 Å². The van der Waals surface area contributed by atoms with E-state index in [0.29, 0.717) is 19.6 Å². The van der Waals surface area contributed by atoms with E-state index in [-0.39, 0.29) is 15.5 Å². The van der Waals surface area contributed by atoms with Gasteiger partial charge in [-0.15, -0.1) is 0 Å². The number of aryl methyl sites for hydroxylation is 1. The average Bonchev–Trinajstić information content (AvgIpc) is 2.72. The van der Waals surface area contributed by atoms with Crippen molar-refractivity contribution in [3.05, 3.63) is 64.2 Å². The fourth-order valence-electron chi connectivity index (χ4n) is 2.70. The van der Waals surface area contributed by atoms with E-state index in [4.69, 9.17) is 16.3 Å². The van der Waals surface area contributed by atoms with E-state index < -0.39 is 28.5 Å². The van der Waals surface area contributed by atoms with Crippen molar-refractivity contribution in [3.8, 4) is 0 Å². The second-order valence-corrected chi connectivity index (χ2v) is 8.91. The summed E-state index contributed by atoms with van der Waals surface area (Å²) >= 11 is 6.05. The van der Waals surface area contributed by atoms with Crippen molar-refractivity contribution in [3.63, 3.8) is 0 Å². The van der Waals surface area contributed by atoms with Gasteiger partial charge in [0, 0.05) is 19.6 Å². The molecule has 0 bridgehead atoms. The summed E-state index contributed by atoms with van der Waals surface area (Å²) in [5, 5.41) is 2.69. The zero-order valence-electron chi connectivity index (χ0n) is 17.1. The van der Waals surface area contributed by atoms with Gasteiger partial charge in [-0.05, 0) is 30.7 Å². The van der Waals surface area contributed by atoms with Crippen LogP contribution in [0.5, 0.6) is 0 Å². The third-order valence-corrected chi connectivity index (χ3v) is 6.82. The molecule has 0 fully saturated rings. The fraction of sp³-hybridized carbons (Fsp3) is 0.333. The maximum atomic E-state index is 12.7. The summed E-state index contributed by atoms with van der Waals surface area (Å²) < 4.78 is 31.6. The van der Waals surface area contributed by atoms with E-state index in [0.717, 1.165) is 11.1 Å². The van der Waals surface area contributed by atoms with Gasteiger partial charge < -0.3 is 10.1 Å². The number of esters is 1. The molecular formula is C21H25ClN2O5S. The van der Waals surface area contributed by atoms with Crippen LogP contribution in [0.25, 0.3) is 0 Å². The number of amides is 1. The lowest BCUT2D eigenvalue weighted by Gasteiger charge is -2.19. The minimum Gasteiger partial charge on any atom is -0.452 e. The van der Waals surface area contributed by atoms with Gasteiger partial charge in [-0.2, -0.15) is 4.31 Å². The van der Waals surface area contributed by atoms with Crippen LogP contribution in [-0.2, 0) is 26.1 Å². The molecule has 0 atom stereocenters. The SMILES string of the molecule is CCN(CC)S(=O)(=O)c1ccc(Cl)c(C(=O)OCC(=O)NCc2ccc(C)cc2)c1. The molecule has 7 nitrogen and oxygen atoms in total. The van der Waals surface area contributed by atoms with E-state index in [1.807, 2.05) is 31.2 Å². The maximum absolute atomic E-state index is 12.7. The number of carbonyl (C=O) groups excluding carboxylic acids is 2. The second kappa shape index (κ2) is 10.6. The van der Waals surface area contributed by atoms with Crippen molar-refractivity contribution in [2.75, 3.05) is 19.7 Å². The quantitative estimate of drug-likeness (QED) is 0.590. The second-order valence-electron chi connectivity index (χ2n) is 6.57. The van der Waals surface area contributed by atoms with Crippen molar-refractivity contribution < 1.29 is 22.7 Å². The van der Waals surface area contributed by atoms with Crippen molar-refractivity contribution >= 4 is 33.5 Å². The monoisotopic (exact) mass is 452 g/mol. The maximum Gasteiger partial charge on any atom is 0.340 e. The normalized spacial score (nSPS) is 11.4. The minimum atomic E-state index is -3.76. The summed E-state index contributed by atoms with van der Waals surface area (Å²) in [6.45, 7) is 5.80. The van der Waals surface area contributed by atoms with Crippen LogP contribution in [0.4, 0.5) is 0 Å². The summed E-state index contributed by atoms with van der Waals surface area (Å²) in [5.74, 6) is -1.35. The van der Waals surface area contributed by atoms with Crippen LogP contribution in [0.2, 0.25) is 5.02 Å². The number of halogens is 1. The Morgan fingerprint density at radius 1 is 1.07 bits per heavy atom. The molecule has 2 aromatic carbocycles. The van der Waals surface area contributed by atoms with Crippen LogP contribution in [0.1, 0.15) is 35.3 Å². The highest BCUT2D eigenvalue weighted by atomic mass is 35.5. The van der Waals surface area contributed by atoms with E-state index in [1.165, 1.54) is 22.5 Å². The number of sulfonamides is 1. The van der Waals surface area contributed by atoms with Crippen LogP contribution >= 0.6 is 11.6 Å². The van der Waals surface area contributed by atoms with Crippen molar-refractivity contribution in [1.82, 2.24) is 9.62 Å². The van der Waals surface area contributed by atoms with Crippen molar-refractivity contribution in [2.24, 2.45) is 0 Å². The lowest BCUT2D eigenvalue weighted by molar-refractivity contribution is -0.124. The van der Waals surface area contributed by atoms with E-state index in [2.05, 4.69) is 5.32 Å². The molecule has 162 valence electrons. The van der Waals surface area contributed by atoms with Crippen LogP contribution in [0, 0.1) is 6.92 Å². The van der Waals surface area contributed by atoms with Crippen molar-refractivity contribution in [1.29, 1.82) is 0 Å². The summed E-state index contributed by atoms with van der Waals surface area (Å²) in [6.07, 6.45) is 0. The van der Waals surface area contributed by atoms with Gasteiger partial charge in [0.05, 0.1) is 15.5 Å². The molecule has 0 aromatic heterocycles. The third kappa shape index (κ3) is 6.04. The molecule has 1 amide bonds. The molecule has 0 unspecified atom stereocenters. The third-order valence-electron chi connectivity index (χ3n) is 4.45. The van der Waals surface area contributed by atoms with Gasteiger partial charge in [-0.1, -0.05) is 55.3 Å². The number of rotatable bonds is 9. The van der Waals surface area contributed by atoms with E-state index in [9.17, 15) is 18.0 Å². The standard InChI is InChI=1S/C21H25ClN2O5S/c1-4-24(5-2)30(27,28)17-10-11-19(22)18(12-17)21(26)29-14-20(25)23-13-16-8-6-15(3)7-9-16/h6-12H,4-5,13-14H2,1-3H3,(H,23,25). The van der Waals surface area contributed by atoms with Crippen LogP contribution in [0.15, 0.2) is 47.4 Å². The summed E-state index contributed by atoms with van der Waals surface area (Å²) in [6, 6.07) is 11.5. The van der Waals surface area contributed by atoms with Gasteiger partial charge in [0.25, 0.3) is 5.91 Å². The molecule has 0 spiro atoms. The Bertz CT molecular complexity index is 1000. The lowest BCUT2D eigenvalue weighted by Crippen LogP contribution is -2.31. The molecule has 0 saturated carbocycles. The Kier molecular flexibility index (Phi) is 8.40. The first kappa shape index (κ1) is 23.9. The lowest BCUT2D eigenvalue weighted by atomic mass is 10.1. The molecule has 2 rings (SSSR count). The van der Waals surface area contributed by atoms with Crippen molar-refractivity contribution in [2.45, 2.75) is 32.2 Å².